The maximum atomic E-state index is 13.0. The van der Waals surface area contributed by atoms with Crippen LogP contribution in [0.1, 0.15) is 39.2 Å². The average molecular weight is 713 g/mol. The predicted octanol–water partition coefficient (Wildman–Crippen LogP) is 4.34. The Morgan fingerprint density at radius 2 is 1.67 bits per heavy atom. The molecular weight excluding hydrogens is 673 g/mol. The number of amides is 1. The fourth-order valence-corrected chi connectivity index (χ4v) is 8.03. The minimum atomic E-state index is -4.49. The highest BCUT2D eigenvalue weighted by Crippen LogP contribution is 2.40. The molecule has 2 aromatic heterocycles. The Balaban J connectivity index is 1.47. The lowest BCUT2D eigenvalue weighted by Gasteiger charge is -2.34. The third kappa shape index (κ3) is 8.01. The first kappa shape index (κ1) is 35.7. The van der Waals surface area contributed by atoms with Gasteiger partial charge in [0.2, 0.25) is 11.8 Å². The molecule has 4 aromatic rings. The molecule has 3 N–H and O–H groups in total. The number of hydrogen-bond donors (Lipinski definition) is 3. The number of pyridine rings is 1. The van der Waals surface area contributed by atoms with E-state index < -0.39 is 26.0 Å². The summed E-state index contributed by atoms with van der Waals surface area (Å²) < 4.78 is 68.3. The summed E-state index contributed by atoms with van der Waals surface area (Å²) in [6.45, 7) is 8.37. The summed E-state index contributed by atoms with van der Waals surface area (Å²) in [6.07, 6.45) is 4.44. The van der Waals surface area contributed by atoms with E-state index in [-0.39, 0.29) is 23.7 Å². The smallest absolute Gasteiger partial charge is 0.410 e. The zero-order chi connectivity index (χ0) is 35.6. The zero-order valence-corrected chi connectivity index (χ0v) is 29.7. The Kier molecular flexibility index (Phi) is 10.3. The van der Waals surface area contributed by atoms with Crippen molar-refractivity contribution in [2.75, 3.05) is 36.2 Å². The van der Waals surface area contributed by atoms with Crippen LogP contribution in [-0.4, -0.2) is 81.6 Å². The number of piperidine rings is 1. The van der Waals surface area contributed by atoms with Crippen LogP contribution in [0.5, 0.6) is 11.6 Å². The molecule has 3 heterocycles. The Hall–Kier alpha value is -4.58. The lowest BCUT2D eigenvalue weighted by atomic mass is 10.0. The van der Waals surface area contributed by atoms with Crippen molar-refractivity contribution in [2.24, 2.45) is 0 Å². The maximum Gasteiger partial charge on any atom is 0.410 e. The van der Waals surface area contributed by atoms with Gasteiger partial charge in [0.15, 0.2) is 0 Å². The van der Waals surface area contributed by atoms with Gasteiger partial charge in [-0.25, -0.2) is 19.7 Å². The summed E-state index contributed by atoms with van der Waals surface area (Å²) >= 11 is 0. The predicted molar refractivity (Wildman–Crippen MR) is 187 cm³/mol. The lowest BCUT2D eigenvalue weighted by Crippen LogP contribution is -2.47. The number of aryl methyl sites for hydroxylation is 1. The lowest BCUT2D eigenvalue weighted by molar-refractivity contribution is 0.0206. The number of anilines is 2. The molecule has 15 nitrogen and oxygen atoms in total. The molecule has 1 atom stereocenters. The Bertz CT molecular complexity index is 2040. The average Bonchev–Trinajstić information content (AvgIpc) is 3.05. The summed E-state index contributed by atoms with van der Waals surface area (Å²) in [6, 6.07) is 13.2. The van der Waals surface area contributed by atoms with E-state index in [1.807, 2.05) is 27.7 Å². The Morgan fingerprint density at radius 3 is 2.37 bits per heavy atom. The number of carbonyl (C=O) groups excluding carboxylic acids is 1. The number of nitrogens with zero attached hydrogens (tertiary/aromatic N) is 5. The van der Waals surface area contributed by atoms with Gasteiger partial charge < -0.3 is 19.7 Å². The summed E-state index contributed by atoms with van der Waals surface area (Å²) in [4.78, 5) is 28.0. The van der Waals surface area contributed by atoms with Crippen molar-refractivity contribution in [3.8, 4) is 22.9 Å². The molecule has 1 saturated heterocycles. The highest BCUT2D eigenvalue weighted by molar-refractivity contribution is 8.08. The maximum absolute atomic E-state index is 13.0. The number of rotatable bonds is 10. The van der Waals surface area contributed by atoms with Gasteiger partial charge in [-0.15, -0.1) is 3.71 Å². The third-order valence-electron chi connectivity index (χ3n) is 7.64. The molecule has 17 heteroatoms. The van der Waals surface area contributed by atoms with E-state index in [0.29, 0.717) is 56.1 Å². The number of aromatic nitrogens is 3. The number of likely N-dealkylation sites (tertiary alicyclic amines) is 1. The van der Waals surface area contributed by atoms with Crippen LogP contribution in [0, 0.1) is 6.92 Å². The molecule has 0 spiro atoms. The Labute approximate surface area is 286 Å². The number of hydrogen-bond acceptors (Lipinski definition) is 11. The second-order valence-corrected chi connectivity index (χ2v) is 16.0. The van der Waals surface area contributed by atoms with Crippen LogP contribution in [0.25, 0.3) is 22.0 Å². The molecule has 0 bridgehead atoms. The van der Waals surface area contributed by atoms with E-state index in [2.05, 4.69) is 24.7 Å². The van der Waals surface area contributed by atoms with E-state index in [1.54, 1.807) is 59.8 Å². The van der Waals surface area contributed by atoms with Gasteiger partial charge in [-0.3, -0.25) is 0 Å². The van der Waals surface area contributed by atoms with Gasteiger partial charge in [0.25, 0.3) is 0 Å². The highest BCUT2D eigenvalue weighted by atomic mass is 32.3. The van der Waals surface area contributed by atoms with E-state index in [4.69, 9.17) is 14.5 Å². The van der Waals surface area contributed by atoms with Crippen LogP contribution in [-0.2, 0) is 25.2 Å². The van der Waals surface area contributed by atoms with E-state index in [0.717, 1.165) is 26.9 Å². The van der Waals surface area contributed by atoms with Crippen molar-refractivity contribution in [1.29, 1.82) is 0 Å². The topological polar surface area (TPSA) is 185 Å². The standard InChI is InChI=1S/C32H40N8O7S2/c1-21-14-15-23-24(11-7-13-27(23)40(48(42,43)33-5)49(44,45)34-6)28(21)46-29-25(12-8-17-35-29)26-16-18-36-30(38-26)37-22-10-9-19-39(20-22)31(41)47-32(2,3)4/h7-8,11-18,22,33-34H,9-10,19-20H2,1-6H3,(H,36,37,38). The fraction of sp³-hybridized carbons (Fsp3) is 0.375. The quantitative estimate of drug-likeness (QED) is 0.213. The van der Waals surface area contributed by atoms with Gasteiger partial charge >= 0.3 is 26.5 Å². The van der Waals surface area contributed by atoms with Gasteiger partial charge in [0.1, 0.15) is 11.4 Å². The first-order chi connectivity index (χ1) is 23.1. The van der Waals surface area contributed by atoms with Crippen molar-refractivity contribution in [3.63, 3.8) is 0 Å². The van der Waals surface area contributed by atoms with Crippen LogP contribution < -0.4 is 23.2 Å². The normalized spacial score (nSPS) is 15.6. The van der Waals surface area contributed by atoms with Crippen molar-refractivity contribution in [1.82, 2.24) is 29.3 Å². The SMILES string of the molecule is CNS(=O)(=O)N(c1cccc2c(Oc3ncccc3-c3ccnc(NC4CCCN(C(=O)OC(C)(C)C)C4)n3)c(C)ccc12)S(=O)(=O)NC. The zero-order valence-electron chi connectivity index (χ0n) is 28.1. The van der Waals surface area contributed by atoms with Crippen LogP contribution in [0.15, 0.2) is 60.9 Å². The van der Waals surface area contributed by atoms with E-state index >= 15 is 0 Å². The van der Waals surface area contributed by atoms with Crippen LogP contribution in [0.3, 0.4) is 0 Å². The Morgan fingerprint density at radius 1 is 0.939 bits per heavy atom. The number of carbonyl (C=O) groups is 1. The number of benzene rings is 2. The molecule has 262 valence electrons. The fourth-order valence-electron chi connectivity index (χ4n) is 5.38. The van der Waals surface area contributed by atoms with Crippen LogP contribution in [0.4, 0.5) is 16.4 Å². The second-order valence-electron chi connectivity index (χ2n) is 12.3. The van der Waals surface area contributed by atoms with Gasteiger partial charge in [0, 0.05) is 56.4 Å². The first-order valence-corrected chi connectivity index (χ1v) is 18.4. The largest absolute Gasteiger partial charge is 0.444 e. The molecular formula is C32H40N8O7S2. The van der Waals surface area contributed by atoms with Crippen LogP contribution >= 0.6 is 0 Å². The molecule has 0 saturated carbocycles. The number of ether oxygens (including phenoxy) is 2. The molecule has 0 radical (unpaired) electrons. The summed E-state index contributed by atoms with van der Waals surface area (Å²) in [7, 11) is -6.74. The molecule has 1 unspecified atom stereocenters. The summed E-state index contributed by atoms with van der Waals surface area (Å²) in [5.41, 5.74) is 1.07. The van der Waals surface area contributed by atoms with Gasteiger partial charge in [0.05, 0.1) is 16.9 Å². The third-order valence-corrected chi connectivity index (χ3v) is 11.1. The molecule has 0 aliphatic carbocycles. The highest BCUT2D eigenvalue weighted by Gasteiger charge is 2.34. The molecule has 1 fully saturated rings. The van der Waals surface area contributed by atoms with E-state index in [1.165, 1.54) is 6.07 Å². The van der Waals surface area contributed by atoms with Crippen molar-refractivity contribution >= 4 is 48.9 Å². The minimum Gasteiger partial charge on any atom is -0.444 e. The minimum absolute atomic E-state index is 0.0910. The first-order valence-electron chi connectivity index (χ1n) is 15.5. The van der Waals surface area contributed by atoms with Crippen LogP contribution in [0.2, 0.25) is 0 Å². The molecule has 49 heavy (non-hydrogen) atoms. The van der Waals surface area contributed by atoms with Gasteiger partial charge in [-0.1, -0.05) is 24.3 Å². The van der Waals surface area contributed by atoms with Gasteiger partial charge in [-0.2, -0.15) is 26.3 Å². The van der Waals surface area contributed by atoms with Crippen molar-refractivity contribution < 1.29 is 31.1 Å². The molecule has 5 rings (SSSR count). The molecule has 2 aromatic carbocycles. The summed E-state index contributed by atoms with van der Waals surface area (Å²) in [5, 5.41) is 4.10. The van der Waals surface area contributed by atoms with Gasteiger partial charge in [-0.05, 0) is 70.4 Å². The summed E-state index contributed by atoms with van der Waals surface area (Å²) in [5.74, 6) is 0.926. The van der Waals surface area contributed by atoms with Crippen molar-refractivity contribution in [3.05, 3.63) is 66.5 Å². The monoisotopic (exact) mass is 712 g/mol. The molecule has 1 amide bonds. The number of fused-ring (bicyclic) bond motifs is 1. The van der Waals surface area contributed by atoms with E-state index in [9.17, 15) is 21.6 Å². The second kappa shape index (κ2) is 14.1. The number of nitrogens with one attached hydrogen (secondary N) is 3. The van der Waals surface area contributed by atoms with Crippen molar-refractivity contribution in [2.45, 2.75) is 52.2 Å². The molecule has 1 aliphatic heterocycles. The molecule has 1 aliphatic rings.